The van der Waals surface area contributed by atoms with Gasteiger partial charge in [-0.15, -0.1) is 0 Å². The molecule has 1 saturated heterocycles. The standard InChI is InChI=1S/C24H31FN4O2/c1-24(2)16-7-6-15(18(24)12-16)13-26-22(30)20-4-3-5-21-27-19(14-29(20)21)23(31)28-10-8-17(25)9-11-28/h3-5,14-18H,6-13H2,1-2H3,(H,26,30)/t15-,16-,18+/m0/s1. The monoisotopic (exact) mass is 426 g/mol. The number of likely N-dealkylation sites (tertiary alicyclic amines) is 1. The molecule has 2 bridgehead atoms. The first-order valence-electron chi connectivity index (χ1n) is 11.5. The molecule has 6 nitrogen and oxygen atoms in total. The van der Waals surface area contributed by atoms with Crippen LogP contribution in [0.5, 0.6) is 0 Å². The van der Waals surface area contributed by atoms with Crippen molar-refractivity contribution in [2.75, 3.05) is 19.6 Å². The fourth-order valence-electron chi connectivity index (χ4n) is 6.03. The Balaban J connectivity index is 1.29. The second kappa shape index (κ2) is 7.61. The van der Waals surface area contributed by atoms with Gasteiger partial charge in [0, 0.05) is 25.8 Å². The number of alkyl halides is 1. The highest BCUT2D eigenvalue weighted by atomic mass is 19.1. The molecule has 6 rings (SSSR count). The quantitative estimate of drug-likeness (QED) is 0.811. The fraction of sp³-hybridized carbons (Fsp3) is 0.625. The summed E-state index contributed by atoms with van der Waals surface area (Å²) < 4.78 is 15.1. The van der Waals surface area contributed by atoms with Crippen molar-refractivity contribution < 1.29 is 14.0 Å². The summed E-state index contributed by atoms with van der Waals surface area (Å²) in [5, 5.41) is 3.14. The number of aromatic nitrogens is 2. The molecule has 1 aliphatic heterocycles. The molecule has 4 fully saturated rings. The van der Waals surface area contributed by atoms with Crippen molar-refractivity contribution in [2.45, 2.75) is 52.1 Å². The third-order valence-electron chi connectivity index (χ3n) is 8.18. The van der Waals surface area contributed by atoms with Crippen molar-refractivity contribution in [3.63, 3.8) is 0 Å². The van der Waals surface area contributed by atoms with Gasteiger partial charge in [0.25, 0.3) is 11.8 Å². The molecule has 0 spiro atoms. The molecular weight excluding hydrogens is 395 g/mol. The van der Waals surface area contributed by atoms with Crippen LogP contribution in [0.25, 0.3) is 5.65 Å². The maximum atomic E-state index is 13.4. The van der Waals surface area contributed by atoms with Gasteiger partial charge in [-0.05, 0) is 67.4 Å². The van der Waals surface area contributed by atoms with E-state index in [4.69, 9.17) is 0 Å². The van der Waals surface area contributed by atoms with Gasteiger partial charge in [-0.1, -0.05) is 19.9 Å². The molecule has 0 aromatic carbocycles. The second-order valence-corrected chi connectivity index (χ2v) is 10.1. The van der Waals surface area contributed by atoms with Crippen molar-refractivity contribution in [3.05, 3.63) is 35.8 Å². The van der Waals surface area contributed by atoms with Crippen molar-refractivity contribution in [2.24, 2.45) is 23.2 Å². The number of amides is 2. The summed E-state index contributed by atoms with van der Waals surface area (Å²) in [4.78, 5) is 31.9. The SMILES string of the molecule is CC1(C)[C@H]2CC[C@@H](CNC(=O)c3cccc4nc(C(=O)N5CCC(F)CC5)cn34)[C@H]1C2. The Kier molecular flexibility index (Phi) is 5.02. The zero-order valence-electron chi connectivity index (χ0n) is 18.3. The van der Waals surface area contributed by atoms with Crippen LogP contribution in [0.2, 0.25) is 0 Å². The van der Waals surface area contributed by atoms with Gasteiger partial charge >= 0.3 is 0 Å². The number of piperidine rings is 1. The predicted molar refractivity (Wildman–Crippen MR) is 116 cm³/mol. The number of rotatable bonds is 4. The van der Waals surface area contributed by atoms with Gasteiger partial charge in [-0.2, -0.15) is 0 Å². The molecule has 3 heterocycles. The minimum Gasteiger partial charge on any atom is -0.350 e. The van der Waals surface area contributed by atoms with E-state index >= 15 is 0 Å². The summed E-state index contributed by atoms with van der Waals surface area (Å²) in [5.74, 6) is 1.72. The molecule has 3 atom stereocenters. The van der Waals surface area contributed by atoms with E-state index in [0.29, 0.717) is 66.8 Å². The lowest BCUT2D eigenvalue weighted by molar-refractivity contribution is -0.103. The van der Waals surface area contributed by atoms with E-state index in [1.54, 1.807) is 33.7 Å². The van der Waals surface area contributed by atoms with Crippen LogP contribution in [0.15, 0.2) is 24.4 Å². The molecule has 2 aromatic rings. The largest absolute Gasteiger partial charge is 0.350 e. The summed E-state index contributed by atoms with van der Waals surface area (Å²) >= 11 is 0. The minimum atomic E-state index is -0.832. The normalized spacial score (nSPS) is 27.7. The second-order valence-electron chi connectivity index (χ2n) is 10.1. The highest BCUT2D eigenvalue weighted by molar-refractivity contribution is 5.95. The van der Waals surface area contributed by atoms with Crippen molar-refractivity contribution in [1.29, 1.82) is 0 Å². The fourth-order valence-corrected chi connectivity index (χ4v) is 6.03. The highest BCUT2D eigenvalue weighted by Gasteiger charge is 2.53. The Hall–Kier alpha value is -2.44. The van der Waals surface area contributed by atoms with Crippen molar-refractivity contribution in [1.82, 2.24) is 19.6 Å². The average molecular weight is 427 g/mol. The number of hydrogen-bond donors (Lipinski definition) is 1. The Morgan fingerprint density at radius 3 is 2.68 bits per heavy atom. The molecule has 2 aromatic heterocycles. The number of nitrogens with one attached hydrogen (secondary N) is 1. The van der Waals surface area contributed by atoms with E-state index in [1.807, 2.05) is 0 Å². The first kappa shape index (κ1) is 20.5. The maximum absolute atomic E-state index is 13.4. The Morgan fingerprint density at radius 2 is 1.97 bits per heavy atom. The van der Waals surface area contributed by atoms with Gasteiger partial charge in [-0.3, -0.25) is 14.0 Å². The summed E-state index contributed by atoms with van der Waals surface area (Å²) in [7, 11) is 0. The van der Waals surface area contributed by atoms with E-state index in [-0.39, 0.29) is 11.8 Å². The Labute approximate surface area is 182 Å². The lowest BCUT2D eigenvalue weighted by Crippen LogP contribution is -2.54. The van der Waals surface area contributed by atoms with Crippen LogP contribution < -0.4 is 5.32 Å². The number of fused-ring (bicyclic) bond motifs is 3. The van der Waals surface area contributed by atoms with E-state index in [1.165, 1.54) is 19.3 Å². The van der Waals surface area contributed by atoms with Crippen LogP contribution >= 0.6 is 0 Å². The van der Waals surface area contributed by atoms with Crippen LogP contribution in [-0.4, -0.2) is 51.9 Å². The van der Waals surface area contributed by atoms with Gasteiger partial charge in [0.15, 0.2) is 0 Å². The Morgan fingerprint density at radius 1 is 1.19 bits per heavy atom. The zero-order chi connectivity index (χ0) is 21.8. The van der Waals surface area contributed by atoms with Gasteiger partial charge in [-0.25, -0.2) is 9.37 Å². The van der Waals surface area contributed by atoms with Crippen LogP contribution in [0.1, 0.15) is 66.9 Å². The molecule has 3 aliphatic carbocycles. The van der Waals surface area contributed by atoms with Crippen LogP contribution in [-0.2, 0) is 0 Å². The maximum Gasteiger partial charge on any atom is 0.274 e. The number of carbonyl (C=O) groups is 2. The number of hydrogen-bond acceptors (Lipinski definition) is 3. The van der Waals surface area contributed by atoms with E-state index in [0.717, 1.165) is 5.92 Å². The molecule has 1 N–H and O–H groups in total. The van der Waals surface area contributed by atoms with Gasteiger partial charge in [0.1, 0.15) is 23.2 Å². The molecule has 0 radical (unpaired) electrons. The average Bonchev–Trinajstić information content (AvgIpc) is 3.22. The van der Waals surface area contributed by atoms with E-state index in [9.17, 15) is 14.0 Å². The minimum absolute atomic E-state index is 0.139. The lowest BCUT2D eigenvalue weighted by Gasteiger charge is -2.60. The Bertz CT molecular complexity index is 1010. The molecule has 4 aliphatic rings. The molecule has 0 unspecified atom stereocenters. The summed E-state index contributed by atoms with van der Waals surface area (Å²) in [5.41, 5.74) is 1.74. The molecule has 7 heteroatoms. The number of carbonyl (C=O) groups excluding carboxylic acids is 2. The smallest absolute Gasteiger partial charge is 0.274 e. The predicted octanol–water partition coefficient (Wildman–Crippen LogP) is 3.71. The number of imidazole rings is 1. The highest BCUT2D eigenvalue weighted by Crippen LogP contribution is 2.61. The molecule has 2 amide bonds. The van der Waals surface area contributed by atoms with Crippen LogP contribution in [0, 0.1) is 23.2 Å². The van der Waals surface area contributed by atoms with Gasteiger partial charge < -0.3 is 10.2 Å². The first-order chi connectivity index (χ1) is 14.8. The number of halogens is 1. The van der Waals surface area contributed by atoms with Crippen LogP contribution in [0.3, 0.4) is 0 Å². The zero-order valence-corrected chi connectivity index (χ0v) is 18.3. The van der Waals surface area contributed by atoms with E-state index in [2.05, 4.69) is 24.1 Å². The third-order valence-corrected chi connectivity index (χ3v) is 8.18. The van der Waals surface area contributed by atoms with Crippen molar-refractivity contribution in [3.8, 4) is 0 Å². The summed E-state index contributed by atoms with van der Waals surface area (Å²) in [6.45, 7) is 6.22. The molecule has 3 saturated carbocycles. The molecule has 31 heavy (non-hydrogen) atoms. The summed E-state index contributed by atoms with van der Waals surface area (Å²) in [6, 6.07) is 5.34. The van der Waals surface area contributed by atoms with Crippen molar-refractivity contribution >= 4 is 17.5 Å². The third kappa shape index (κ3) is 3.52. The van der Waals surface area contributed by atoms with Gasteiger partial charge in [0.2, 0.25) is 0 Å². The molecular formula is C24H31FN4O2. The first-order valence-corrected chi connectivity index (χ1v) is 11.5. The van der Waals surface area contributed by atoms with Crippen LogP contribution in [0.4, 0.5) is 4.39 Å². The topological polar surface area (TPSA) is 66.7 Å². The van der Waals surface area contributed by atoms with E-state index < -0.39 is 6.17 Å². The summed E-state index contributed by atoms with van der Waals surface area (Å²) in [6.07, 6.45) is 5.26. The number of nitrogens with zero attached hydrogens (tertiary/aromatic N) is 3. The number of pyridine rings is 1. The molecule has 166 valence electrons. The van der Waals surface area contributed by atoms with Gasteiger partial charge in [0.05, 0.1) is 0 Å². The lowest BCUT2D eigenvalue weighted by atomic mass is 9.45.